The second kappa shape index (κ2) is 6.02. The molecule has 0 saturated heterocycles. The van der Waals surface area contributed by atoms with Crippen molar-refractivity contribution in [3.05, 3.63) is 40.7 Å². The van der Waals surface area contributed by atoms with Gasteiger partial charge in [-0.05, 0) is 19.2 Å². The maximum Gasteiger partial charge on any atom is 0.278 e. The van der Waals surface area contributed by atoms with E-state index in [-0.39, 0.29) is 18.0 Å². The average Bonchev–Trinajstić information content (AvgIpc) is 2.47. The van der Waals surface area contributed by atoms with Crippen LogP contribution in [0.2, 0.25) is 0 Å². The first-order valence-corrected chi connectivity index (χ1v) is 7.76. The number of pyridine rings is 1. The fraction of sp³-hybridized carbons (Fsp3) is 0.250. The Morgan fingerprint density at radius 3 is 2.71 bits per heavy atom. The quantitative estimate of drug-likeness (QED) is 0.610. The van der Waals surface area contributed by atoms with Gasteiger partial charge in [0.15, 0.2) is 0 Å². The molecular weight excluding hydrogens is 296 g/mol. The highest BCUT2D eigenvalue weighted by Gasteiger charge is 2.14. The van der Waals surface area contributed by atoms with Gasteiger partial charge in [-0.2, -0.15) is 0 Å². The van der Waals surface area contributed by atoms with Crippen molar-refractivity contribution in [3.8, 4) is 0 Å². The Labute approximate surface area is 121 Å². The molecule has 0 bridgehead atoms. The number of nitro groups is 1. The third kappa shape index (κ3) is 3.44. The normalized spacial score (nSPS) is 11.5. The van der Waals surface area contributed by atoms with Crippen molar-refractivity contribution in [2.45, 2.75) is 0 Å². The summed E-state index contributed by atoms with van der Waals surface area (Å²) >= 11 is 0. The number of hydrogen-bond acceptors (Lipinski definition) is 6. The minimum absolute atomic E-state index is 0.0357. The lowest BCUT2D eigenvalue weighted by Crippen LogP contribution is -2.26. The number of aromatic nitrogens is 1. The molecule has 0 atom stereocenters. The zero-order valence-electron chi connectivity index (χ0n) is 11.2. The highest BCUT2D eigenvalue weighted by atomic mass is 32.2. The van der Waals surface area contributed by atoms with Gasteiger partial charge in [0.25, 0.3) is 5.69 Å². The second-order valence-electron chi connectivity index (χ2n) is 4.26. The van der Waals surface area contributed by atoms with Crippen LogP contribution in [0.4, 0.5) is 11.4 Å². The van der Waals surface area contributed by atoms with Gasteiger partial charge in [0.2, 0.25) is 10.0 Å². The molecule has 9 heteroatoms. The Bertz CT molecular complexity index is 776. The van der Waals surface area contributed by atoms with Crippen LogP contribution in [0, 0.1) is 10.1 Å². The Morgan fingerprint density at radius 2 is 2.05 bits per heavy atom. The van der Waals surface area contributed by atoms with Gasteiger partial charge in [-0.1, -0.05) is 0 Å². The molecule has 8 nitrogen and oxygen atoms in total. The molecule has 0 aliphatic heterocycles. The number of nitrogens with zero attached hydrogens (tertiary/aromatic N) is 2. The molecule has 1 heterocycles. The van der Waals surface area contributed by atoms with E-state index in [1.54, 1.807) is 12.1 Å². The van der Waals surface area contributed by atoms with E-state index in [1.165, 1.54) is 25.5 Å². The van der Waals surface area contributed by atoms with E-state index in [9.17, 15) is 18.5 Å². The van der Waals surface area contributed by atoms with Crippen LogP contribution in [0.5, 0.6) is 0 Å². The minimum atomic E-state index is -3.30. The Hall–Kier alpha value is -2.26. The van der Waals surface area contributed by atoms with Crippen LogP contribution in [0.1, 0.15) is 0 Å². The molecular formula is C12H14N4O4S. The molecule has 2 N–H and O–H groups in total. The third-order valence-corrected chi connectivity index (χ3v) is 4.35. The summed E-state index contributed by atoms with van der Waals surface area (Å²) in [6.45, 7) is 0.193. The fourth-order valence-electron chi connectivity index (χ4n) is 1.91. The van der Waals surface area contributed by atoms with Gasteiger partial charge in [-0.3, -0.25) is 15.1 Å². The van der Waals surface area contributed by atoms with Gasteiger partial charge in [0.1, 0.15) is 0 Å². The smallest absolute Gasteiger partial charge is 0.278 e. The summed E-state index contributed by atoms with van der Waals surface area (Å²) in [4.78, 5) is 14.4. The van der Waals surface area contributed by atoms with Gasteiger partial charge in [0.05, 0.1) is 16.1 Å². The number of anilines is 1. The highest BCUT2D eigenvalue weighted by Crippen LogP contribution is 2.30. The SMILES string of the molecule is CNS(=O)(=O)CCNc1ccc([N+](=O)[O-])c2cnccc12. The second-order valence-corrected chi connectivity index (χ2v) is 6.31. The Morgan fingerprint density at radius 1 is 1.29 bits per heavy atom. The molecule has 2 aromatic rings. The summed E-state index contributed by atoms with van der Waals surface area (Å²) in [5.41, 5.74) is 0.593. The Kier molecular flexibility index (Phi) is 4.34. The number of hydrogen-bond donors (Lipinski definition) is 2. The predicted molar refractivity (Wildman–Crippen MR) is 79.7 cm³/mol. The number of rotatable bonds is 6. The van der Waals surface area contributed by atoms with E-state index in [0.717, 1.165) is 0 Å². The van der Waals surface area contributed by atoms with Gasteiger partial charge in [-0.25, -0.2) is 13.1 Å². The molecule has 0 aliphatic carbocycles. The van der Waals surface area contributed by atoms with Gasteiger partial charge >= 0.3 is 0 Å². The molecule has 21 heavy (non-hydrogen) atoms. The summed E-state index contributed by atoms with van der Waals surface area (Å²) in [6.07, 6.45) is 2.95. The lowest BCUT2D eigenvalue weighted by atomic mass is 10.1. The monoisotopic (exact) mass is 310 g/mol. The van der Waals surface area contributed by atoms with E-state index >= 15 is 0 Å². The molecule has 0 amide bonds. The van der Waals surface area contributed by atoms with Crippen LogP contribution >= 0.6 is 0 Å². The fourth-order valence-corrected chi connectivity index (χ4v) is 2.49. The summed E-state index contributed by atoms with van der Waals surface area (Å²) in [5.74, 6) is -0.0902. The molecule has 0 saturated carbocycles. The first-order valence-electron chi connectivity index (χ1n) is 6.11. The first kappa shape index (κ1) is 15.1. The van der Waals surface area contributed by atoms with E-state index in [1.807, 2.05) is 0 Å². The largest absolute Gasteiger partial charge is 0.383 e. The zero-order valence-corrected chi connectivity index (χ0v) is 12.1. The number of fused-ring (bicyclic) bond motifs is 1. The molecule has 0 fully saturated rings. The number of benzene rings is 1. The average molecular weight is 310 g/mol. The van der Waals surface area contributed by atoms with Crippen molar-refractivity contribution in [3.63, 3.8) is 0 Å². The predicted octanol–water partition coefficient (Wildman–Crippen LogP) is 1.10. The molecule has 0 unspecified atom stereocenters. The first-order chi connectivity index (χ1) is 9.94. The van der Waals surface area contributed by atoms with Crippen molar-refractivity contribution >= 4 is 32.2 Å². The molecule has 0 spiro atoms. The molecule has 0 radical (unpaired) electrons. The summed E-state index contributed by atoms with van der Waals surface area (Å²) in [5, 5.41) is 15.0. The van der Waals surface area contributed by atoms with E-state index in [0.29, 0.717) is 16.5 Å². The van der Waals surface area contributed by atoms with Crippen molar-refractivity contribution in [2.24, 2.45) is 0 Å². The maximum atomic E-state index is 11.3. The van der Waals surface area contributed by atoms with Crippen LogP contribution < -0.4 is 10.0 Å². The van der Waals surface area contributed by atoms with Crippen LogP contribution in [0.15, 0.2) is 30.6 Å². The Balaban J connectivity index is 2.30. The van der Waals surface area contributed by atoms with E-state index in [2.05, 4.69) is 15.0 Å². The van der Waals surface area contributed by atoms with Crippen LogP contribution in [0.3, 0.4) is 0 Å². The van der Waals surface area contributed by atoms with Gasteiger partial charge < -0.3 is 5.32 Å². The molecule has 1 aromatic heterocycles. The lowest BCUT2D eigenvalue weighted by Gasteiger charge is -2.10. The number of nitrogens with one attached hydrogen (secondary N) is 2. The summed E-state index contributed by atoms with van der Waals surface area (Å²) in [7, 11) is -1.95. The van der Waals surface area contributed by atoms with Crippen molar-refractivity contribution < 1.29 is 13.3 Å². The highest BCUT2D eigenvalue weighted by molar-refractivity contribution is 7.89. The van der Waals surface area contributed by atoms with Crippen LogP contribution in [-0.4, -0.2) is 37.7 Å². The van der Waals surface area contributed by atoms with Gasteiger partial charge in [-0.15, -0.1) is 0 Å². The van der Waals surface area contributed by atoms with Crippen molar-refractivity contribution in [1.29, 1.82) is 0 Å². The number of nitro benzene ring substituents is 1. The van der Waals surface area contributed by atoms with Crippen molar-refractivity contribution in [2.75, 3.05) is 24.7 Å². The summed E-state index contributed by atoms with van der Waals surface area (Å²) in [6, 6.07) is 4.59. The molecule has 112 valence electrons. The molecule has 0 aliphatic rings. The minimum Gasteiger partial charge on any atom is -0.383 e. The third-order valence-electron chi connectivity index (χ3n) is 2.99. The molecule has 1 aromatic carbocycles. The number of non-ortho nitro benzene ring substituents is 1. The van der Waals surface area contributed by atoms with E-state index in [4.69, 9.17) is 0 Å². The van der Waals surface area contributed by atoms with E-state index < -0.39 is 14.9 Å². The lowest BCUT2D eigenvalue weighted by molar-refractivity contribution is -0.383. The number of sulfonamides is 1. The standard InChI is InChI=1S/C12H14N4O4S/c1-13-21(19,20)7-6-15-11-2-3-12(16(17)18)10-8-14-5-4-9(10)11/h2-5,8,13,15H,6-7H2,1H3. The van der Waals surface area contributed by atoms with Crippen LogP contribution in [-0.2, 0) is 10.0 Å². The van der Waals surface area contributed by atoms with Crippen LogP contribution in [0.25, 0.3) is 10.8 Å². The summed E-state index contributed by atoms with van der Waals surface area (Å²) < 4.78 is 24.9. The molecule has 2 rings (SSSR count). The van der Waals surface area contributed by atoms with Gasteiger partial charge in [0, 0.05) is 36.1 Å². The van der Waals surface area contributed by atoms with Crippen molar-refractivity contribution in [1.82, 2.24) is 9.71 Å². The topological polar surface area (TPSA) is 114 Å². The zero-order chi connectivity index (χ0) is 15.5. The maximum absolute atomic E-state index is 11.3.